The molecule has 0 spiro atoms. The number of hydrogen-bond acceptors (Lipinski definition) is 5. The fourth-order valence-corrected chi connectivity index (χ4v) is 3.53. The van der Waals surface area contributed by atoms with Crippen molar-refractivity contribution < 1.29 is 31.1 Å². The standard InChI is InChI=1S/C11H6BrF3N2O4S2/c12-8-2-1-6(3-7(8)11(13,14)15)21-10(18)17-9-4-22(5-16-9)23(19)20/h1-5H,(H,17,18). The maximum Gasteiger partial charge on any atom is 0.418 e. The number of aliphatic imine (C=N–C) groups is 1. The zero-order chi connectivity index (χ0) is 17.2. The van der Waals surface area contributed by atoms with Crippen molar-refractivity contribution in [1.82, 2.24) is 5.32 Å². The van der Waals surface area contributed by atoms with Gasteiger partial charge in [0.2, 0.25) is 9.26 Å². The van der Waals surface area contributed by atoms with Crippen LogP contribution < -0.4 is 10.1 Å². The van der Waals surface area contributed by atoms with Crippen molar-refractivity contribution in [3.8, 4) is 5.75 Å². The highest BCUT2D eigenvalue weighted by Gasteiger charge is 2.33. The fraction of sp³-hybridized carbons (Fsp3) is 0.0909. The molecule has 0 fully saturated rings. The van der Waals surface area contributed by atoms with Crippen molar-refractivity contribution >= 4 is 46.3 Å². The number of carbonyl (C=O) groups is 1. The molecule has 0 radical (unpaired) electrons. The Morgan fingerprint density at radius 3 is 2.61 bits per heavy atom. The Hall–Kier alpha value is -1.66. The largest absolute Gasteiger partial charge is 0.418 e. The first-order valence-corrected chi connectivity index (χ1v) is 9.33. The van der Waals surface area contributed by atoms with Crippen molar-refractivity contribution in [2.45, 2.75) is 6.18 Å². The SMILES string of the molecule is O=C(NC1=CS(=S(=O)=O)C=N1)Oc1ccc(Br)c(C(F)(F)F)c1. The van der Waals surface area contributed by atoms with E-state index in [9.17, 15) is 26.4 Å². The molecule has 124 valence electrons. The van der Waals surface area contributed by atoms with Crippen LogP contribution in [0.25, 0.3) is 0 Å². The van der Waals surface area contributed by atoms with Crippen LogP contribution in [0.2, 0.25) is 0 Å². The van der Waals surface area contributed by atoms with Crippen molar-refractivity contribution in [3.63, 3.8) is 0 Å². The number of nitrogens with one attached hydrogen (secondary N) is 1. The first-order chi connectivity index (χ1) is 10.7. The van der Waals surface area contributed by atoms with Gasteiger partial charge in [0.1, 0.15) is 11.6 Å². The molecule has 23 heavy (non-hydrogen) atoms. The summed E-state index contributed by atoms with van der Waals surface area (Å²) in [5, 5.41) is 3.30. The van der Waals surface area contributed by atoms with E-state index in [2.05, 4.69) is 26.2 Å². The average Bonchev–Trinajstić information content (AvgIpc) is 2.88. The van der Waals surface area contributed by atoms with Gasteiger partial charge in [-0.25, -0.2) is 9.79 Å². The minimum absolute atomic E-state index is 0.0595. The van der Waals surface area contributed by atoms with E-state index in [1.165, 1.54) is 11.5 Å². The van der Waals surface area contributed by atoms with Gasteiger partial charge in [-0.2, -0.15) is 21.6 Å². The molecule has 0 saturated carbocycles. The summed E-state index contributed by atoms with van der Waals surface area (Å²) in [6.45, 7) is 0. The molecule has 0 aromatic heterocycles. The van der Waals surface area contributed by atoms with Gasteiger partial charge in [-0.3, -0.25) is 5.32 Å². The molecule has 1 unspecified atom stereocenters. The predicted octanol–water partition coefficient (Wildman–Crippen LogP) is 2.81. The number of halogens is 4. The van der Waals surface area contributed by atoms with E-state index in [0.29, 0.717) is 6.07 Å². The second-order valence-corrected chi connectivity index (χ2v) is 8.26. The second-order valence-electron chi connectivity index (χ2n) is 3.92. The lowest BCUT2D eigenvalue weighted by atomic mass is 10.2. The zero-order valence-electron chi connectivity index (χ0n) is 10.8. The molecule has 6 nitrogen and oxygen atoms in total. The molecule has 1 atom stereocenters. The van der Waals surface area contributed by atoms with Gasteiger partial charge in [-0.15, -0.1) is 0 Å². The second kappa shape index (κ2) is 6.84. The molecule has 1 amide bonds. The summed E-state index contributed by atoms with van der Waals surface area (Å²) in [4.78, 5) is 15.2. The third kappa shape index (κ3) is 4.65. The molecule has 1 aromatic carbocycles. The van der Waals surface area contributed by atoms with E-state index in [1.807, 2.05) is 0 Å². The number of hydrogen-bond donors (Lipinski definition) is 1. The van der Waals surface area contributed by atoms with Gasteiger partial charge in [0, 0.05) is 19.3 Å². The Morgan fingerprint density at radius 2 is 2.04 bits per heavy atom. The van der Waals surface area contributed by atoms with Gasteiger partial charge in [0.25, 0.3) is 0 Å². The van der Waals surface area contributed by atoms with Crippen LogP contribution in [0.4, 0.5) is 18.0 Å². The highest BCUT2D eigenvalue weighted by molar-refractivity contribution is 9.10. The molecule has 0 bridgehead atoms. The van der Waals surface area contributed by atoms with Gasteiger partial charge in [0.05, 0.1) is 11.1 Å². The summed E-state index contributed by atoms with van der Waals surface area (Å²) >= 11 is 2.76. The van der Waals surface area contributed by atoms with Crippen molar-refractivity contribution in [3.05, 3.63) is 39.5 Å². The normalized spacial score (nSPS) is 16.9. The van der Waals surface area contributed by atoms with Crippen LogP contribution in [0.15, 0.2) is 38.9 Å². The monoisotopic (exact) mass is 430 g/mol. The van der Waals surface area contributed by atoms with Crippen LogP contribution in [0, 0.1) is 0 Å². The number of rotatable bonds is 2. The van der Waals surface area contributed by atoms with Crippen LogP contribution >= 0.6 is 15.9 Å². The van der Waals surface area contributed by atoms with Crippen molar-refractivity contribution in [2.75, 3.05) is 0 Å². The van der Waals surface area contributed by atoms with Crippen LogP contribution in [0.1, 0.15) is 5.56 Å². The highest BCUT2D eigenvalue weighted by atomic mass is 79.9. The highest BCUT2D eigenvalue weighted by Crippen LogP contribution is 2.36. The molecule has 1 aliphatic rings. The summed E-state index contributed by atoms with van der Waals surface area (Å²) < 4.78 is 64.2. The number of nitrogens with zero attached hydrogens (tertiary/aromatic N) is 1. The van der Waals surface area contributed by atoms with E-state index < -0.39 is 36.6 Å². The molecule has 12 heteroatoms. The number of carbonyl (C=O) groups excluding carboxylic acids is 1. The van der Waals surface area contributed by atoms with Gasteiger partial charge in [0.15, 0.2) is 0 Å². The molecule has 1 heterocycles. The predicted molar refractivity (Wildman–Crippen MR) is 81.2 cm³/mol. The lowest BCUT2D eigenvalue weighted by Gasteiger charge is -2.11. The first-order valence-electron chi connectivity index (χ1n) is 5.60. The van der Waals surface area contributed by atoms with Crippen molar-refractivity contribution in [2.24, 2.45) is 4.99 Å². The summed E-state index contributed by atoms with van der Waals surface area (Å²) in [5.74, 6) is -0.386. The maximum absolute atomic E-state index is 12.7. The Kier molecular flexibility index (Phi) is 5.26. The Morgan fingerprint density at radius 1 is 1.35 bits per heavy atom. The molecule has 1 aliphatic heterocycles. The van der Waals surface area contributed by atoms with Crippen molar-refractivity contribution in [1.29, 1.82) is 0 Å². The molecule has 1 aromatic rings. The first kappa shape index (κ1) is 17.7. The lowest BCUT2D eigenvalue weighted by molar-refractivity contribution is -0.138. The van der Waals surface area contributed by atoms with Gasteiger partial charge in [-0.05, 0) is 18.2 Å². The molecule has 0 aliphatic carbocycles. The third-order valence-corrected chi connectivity index (χ3v) is 5.63. The van der Waals surface area contributed by atoms with Crippen LogP contribution in [0.3, 0.4) is 0 Å². The van der Waals surface area contributed by atoms with E-state index in [4.69, 9.17) is 4.74 Å². The molecular formula is C11H6BrF3N2O4S2. The molecule has 1 N–H and O–H groups in total. The minimum atomic E-state index is -4.61. The fourth-order valence-electron chi connectivity index (χ4n) is 1.44. The number of amides is 1. The smallest absolute Gasteiger partial charge is 0.410 e. The summed E-state index contributed by atoms with van der Waals surface area (Å²) in [5.41, 5.74) is 0.115. The third-order valence-electron chi connectivity index (χ3n) is 2.36. The van der Waals surface area contributed by atoms with E-state index in [1.54, 1.807) is 0 Å². The zero-order valence-corrected chi connectivity index (χ0v) is 14.0. The van der Waals surface area contributed by atoms with Gasteiger partial charge >= 0.3 is 12.3 Å². The Bertz CT molecular complexity index is 855. The molecular weight excluding hydrogens is 425 g/mol. The van der Waals surface area contributed by atoms with Gasteiger partial charge in [-0.1, -0.05) is 15.9 Å². The van der Waals surface area contributed by atoms with Crippen LogP contribution in [-0.2, 0) is 24.9 Å². The van der Waals surface area contributed by atoms with Crippen LogP contribution in [-0.4, -0.2) is 20.1 Å². The number of benzene rings is 1. The molecule has 0 saturated heterocycles. The quantitative estimate of drug-likeness (QED) is 0.781. The number of alkyl halides is 3. The Labute approximate surface area is 139 Å². The summed E-state index contributed by atoms with van der Waals surface area (Å²) in [7, 11) is -3.65. The minimum Gasteiger partial charge on any atom is -0.410 e. The van der Waals surface area contributed by atoms with E-state index >= 15 is 0 Å². The Balaban J connectivity index is 2.12. The summed E-state index contributed by atoms with van der Waals surface area (Å²) in [6, 6.07) is 2.92. The number of ether oxygens (including phenoxy) is 1. The van der Waals surface area contributed by atoms with Crippen LogP contribution in [0.5, 0.6) is 5.75 Å². The topological polar surface area (TPSA) is 84.8 Å². The van der Waals surface area contributed by atoms with Gasteiger partial charge < -0.3 is 4.74 Å². The summed E-state index contributed by atoms with van der Waals surface area (Å²) in [6.07, 6.45) is -5.70. The average molecular weight is 431 g/mol. The maximum atomic E-state index is 12.7. The van der Waals surface area contributed by atoms with E-state index in [-0.39, 0.29) is 16.0 Å². The van der Waals surface area contributed by atoms with E-state index in [0.717, 1.165) is 11.6 Å². The molecule has 2 rings (SSSR count). The lowest BCUT2D eigenvalue weighted by Crippen LogP contribution is -2.25.